The summed E-state index contributed by atoms with van der Waals surface area (Å²) in [5, 5.41) is 9.19. The molecule has 0 aromatic heterocycles. The van der Waals surface area contributed by atoms with Crippen molar-refractivity contribution < 1.29 is 5.11 Å². The fraction of sp³-hybridized carbons (Fsp3) is 0.556. The number of hydrogen-bond acceptors (Lipinski definition) is 1. The van der Waals surface area contributed by atoms with Crippen LogP contribution in [0, 0.1) is 0 Å². The van der Waals surface area contributed by atoms with Crippen LogP contribution in [0.4, 0.5) is 0 Å². The Labute approximate surface area is 63.1 Å². The quantitative estimate of drug-likeness (QED) is 0.581. The number of rotatable bonds is 5. The molecule has 1 atom stereocenters. The van der Waals surface area contributed by atoms with Gasteiger partial charge in [0.1, 0.15) is 0 Å². The number of allylic oxidation sites excluding steroid dienone is 2. The highest BCUT2D eigenvalue weighted by molar-refractivity contribution is 4.97. The minimum absolute atomic E-state index is 0.166. The average Bonchev–Trinajstić information content (AvgIpc) is 1.89. The molecule has 0 spiro atoms. The Morgan fingerprint density at radius 2 is 2.30 bits per heavy atom. The summed E-state index contributed by atoms with van der Waals surface area (Å²) >= 11 is 0. The highest BCUT2D eigenvalue weighted by Gasteiger charge is 1.96. The molecule has 10 heavy (non-hydrogen) atoms. The van der Waals surface area contributed by atoms with Crippen LogP contribution in [0.2, 0.25) is 0 Å². The van der Waals surface area contributed by atoms with Gasteiger partial charge in [-0.05, 0) is 12.8 Å². The van der Waals surface area contributed by atoms with Gasteiger partial charge in [0, 0.05) is 0 Å². The van der Waals surface area contributed by atoms with Crippen molar-refractivity contribution in [3.05, 3.63) is 24.8 Å². The van der Waals surface area contributed by atoms with Crippen molar-refractivity contribution in [1.29, 1.82) is 0 Å². The highest BCUT2D eigenvalue weighted by Crippen LogP contribution is 2.01. The molecule has 0 saturated carbocycles. The summed E-state index contributed by atoms with van der Waals surface area (Å²) < 4.78 is 0. The third kappa shape index (κ3) is 5.57. The molecule has 0 saturated heterocycles. The molecule has 58 valence electrons. The maximum atomic E-state index is 9.19. The van der Waals surface area contributed by atoms with E-state index in [0.29, 0.717) is 0 Å². The Bertz CT molecular complexity index is 105. The lowest BCUT2D eigenvalue weighted by atomic mass is 10.1. The van der Waals surface area contributed by atoms with Crippen LogP contribution >= 0.6 is 0 Å². The van der Waals surface area contributed by atoms with Crippen molar-refractivity contribution in [2.75, 3.05) is 0 Å². The molecule has 0 radical (unpaired) electrons. The van der Waals surface area contributed by atoms with Gasteiger partial charge in [-0.25, -0.2) is 0 Å². The van der Waals surface area contributed by atoms with E-state index in [1.54, 1.807) is 6.08 Å². The van der Waals surface area contributed by atoms with Crippen molar-refractivity contribution >= 4 is 0 Å². The first-order chi connectivity index (χ1) is 4.81. The maximum Gasteiger partial charge on any atom is 0.0574 e. The smallest absolute Gasteiger partial charge is 0.0574 e. The van der Waals surface area contributed by atoms with Crippen LogP contribution in [0.15, 0.2) is 24.8 Å². The Kier molecular flexibility index (Phi) is 6.19. The molecule has 0 aliphatic carbocycles. The zero-order chi connectivity index (χ0) is 7.82. The van der Waals surface area contributed by atoms with Crippen molar-refractivity contribution in [3.8, 4) is 0 Å². The van der Waals surface area contributed by atoms with E-state index in [-0.39, 0.29) is 6.10 Å². The van der Waals surface area contributed by atoms with Crippen molar-refractivity contribution in [2.24, 2.45) is 0 Å². The van der Waals surface area contributed by atoms with Gasteiger partial charge in [-0.1, -0.05) is 38.2 Å². The Hall–Kier alpha value is -0.560. The minimum atomic E-state index is -0.166. The molecule has 1 nitrogen and oxygen atoms in total. The van der Waals surface area contributed by atoms with Gasteiger partial charge in [0.25, 0.3) is 0 Å². The van der Waals surface area contributed by atoms with Crippen LogP contribution in [0.1, 0.15) is 26.2 Å². The summed E-state index contributed by atoms with van der Waals surface area (Å²) in [5.74, 6) is 0. The molecule has 0 amide bonds. The van der Waals surface area contributed by atoms with E-state index in [1.165, 1.54) is 0 Å². The monoisotopic (exact) mass is 140 g/mol. The first kappa shape index (κ1) is 9.44. The lowest BCUT2D eigenvalue weighted by Crippen LogP contribution is -2.02. The summed E-state index contributed by atoms with van der Waals surface area (Å²) in [6.07, 6.45) is 8.04. The second-order valence-corrected chi connectivity index (χ2v) is 2.34. The van der Waals surface area contributed by atoms with Crippen LogP contribution < -0.4 is 0 Å². The van der Waals surface area contributed by atoms with Gasteiger partial charge < -0.3 is 5.11 Å². The van der Waals surface area contributed by atoms with Gasteiger partial charge in [0.2, 0.25) is 0 Å². The third-order valence-corrected chi connectivity index (χ3v) is 1.30. The molecule has 0 aromatic rings. The van der Waals surface area contributed by atoms with Gasteiger partial charge in [-0.15, -0.1) is 0 Å². The van der Waals surface area contributed by atoms with E-state index in [9.17, 15) is 5.11 Å². The predicted octanol–water partition coefficient (Wildman–Crippen LogP) is 2.28. The largest absolute Gasteiger partial charge is 0.393 e. The standard InChI is InChI=1S/C9H16O/c1-3-5-6-8-9(10)7-4-2/h3,5-6,9-10H,1,4,7-8H2,2H3. The molecule has 0 fully saturated rings. The summed E-state index contributed by atoms with van der Waals surface area (Å²) in [7, 11) is 0. The van der Waals surface area contributed by atoms with Crippen LogP contribution in [0.3, 0.4) is 0 Å². The third-order valence-electron chi connectivity index (χ3n) is 1.30. The molecule has 1 heteroatoms. The van der Waals surface area contributed by atoms with Gasteiger partial charge >= 0.3 is 0 Å². The molecule has 1 N–H and O–H groups in total. The first-order valence-corrected chi connectivity index (χ1v) is 3.76. The Balaban J connectivity index is 3.28. The molecular formula is C9H16O. The van der Waals surface area contributed by atoms with Gasteiger partial charge in [0.15, 0.2) is 0 Å². The lowest BCUT2D eigenvalue weighted by Gasteiger charge is -2.03. The van der Waals surface area contributed by atoms with E-state index < -0.39 is 0 Å². The molecule has 0 heterocycles. The SMILES string of the molecule is C=CC=CCC(O)CCC. The fourth-order valence-corrected chi connectivity index (χ4v) is 0.783. The lowest BCUT2D eigenvalue weighted by molar-refractivity contribution is 0.167. The van der Waals surface area contributed by atoms with E-state index in [2.05, 4.69) is 13.5 Å². The van der Waals surface area contributed by atoms with E-state index >= 15 is 0 Å². The molecule has 0 bridgehead atoms. The summed E-state index contributed by atoms with van der Waals surface area (Å²) in [5.41, 5.74) is 0. The summed E-state index contributed by atoms with van der Waals surface area (Å²) in [4.78, 5) is 0. The second-order valence-electron chi connectivity index (χ2n) is 2.34. The summed E-state index contributed by atoms with van der Waals surface area (Å²) in [6.45, 7) is 5.60. The molecule has 1 unspecified atom stereocenters. The van der Waals surface area contributed by atoms with Crippen molar-refractivity contribution in [2.45, 2.75) is 32.3 Å². The maximum absolute atomic E-state index is 9.19. The highest BCUT2D eigenvalue weighted by atomic mass is 16.3. The summed E-state index contributed by atoms with van der Waals surface area (Å²) in [6, 6.07) is 0. The second kappa shape index (κ2) is 6.56. The van der Waals surface area contributed by atoms with Crippen LogP contribution in [-0.4, -0.2) is 11.2 Å². The Morgan fingerprint density at radius 1 is 1.60 bits per heavy atom. The van der Waals surface area contributed by atoms with E-state index in [1.807, 2.05) is 12.2 Å². The van der Waals surface area contributed by atoms with E-state index in [0.717, 1.165) is 19.3 Å². The van der Waals surface area contributed by atoms with Crippen LogP contribution in [0.5, 0.6) is 0 Å². The van der Waals surface area contributed by atoms with Gasteiger partial charge in [-0.3, -0.25) is 0 Å². The normalized spacial score (nSPS) is 13.8. The van der Waals surface area contributed by atoms with Crippen LogP contribution in [0.25, 0.3) is 0 Å². The fourth-order valence-electron chi connectivity index (χ4n) is 0.783. The molecule has 0 rings (SSSR count). The Morgan fingerprint density at radius 3 is 2.80 bits per heavy atom. The van der Waals surface area contributed by atoms with Crippen molar-refractivity contribution in [3.63, 3.8) is 0 Å². The van der Waals surface area contributed by atoms with Crippen LogP contribution in [-0.2, 0) is 0 Å². The van der Waals surface area contributed by atoms with E-state index in [4.69, 9.17) is 0 Å². The first-order valence-electron chi connectivity index (χ1n) is 3.76. The molecule has 0 aliphatic rings. The average molecular weight is 140 g/mol. The molecule has 0 aliphatic heterocycles. The number of aliphatic hydroxyl groups excluding tert-OH is 1. The van der Waals surface area contributed by atoms with Gasteiger partial charge in [-0.2, -0.15) is 0 Å². The molecular weight excluding hydrogens is 124 g/mol. The molecule has 0 aromatic carbocycles. The minimum Gasteiger partial charge on any atom is -0.393 e. The topological polar surface area (TPSA) is 20.2 Å². The van der Waals surface area contributed by atoms with Crippen molar-refractivity contribution in [1.82, 2.24) is 0 Å². The number of hydrogen-bond donors (Lipinski definition) is 1. The number of aliphatic hydroxyl groups is 1. The predicted molar refractivity (Wildman–Crippen MR) is 44.9 cm³/mol. The zero-order valence-corrected chi connectivity index (χ0v) is 6.59. The zero-order valence-electron chi connectivity index (χ0n) is 6.59. The van der Waals surface area contributed by atoms with Gasteiger partial charge in [0.05, 0.1) is 6.10 Å².